The van der Waals surface area contributed by atoms with E-state index >= 15 is 0 Å². The highest BCUT2D eigenvalue weighted by molar-refractivity contribution is 7.80. The monoisotopic (exact) mass is 366 g/mol. The fourth-order valence-electron chi connectivity index (χ4n) is 2.47. The van der Waals surface area contributed by atoms with Crippen LogP contribution in [0, 0.1) is 0 Å². The zero-order chi connectivity index (χ0) is 17.9. The first-order chi connectivity index (χ1) is 12.2. The van der Waals surface area contributed by atoms with E-state index in [1.165, 1.54) is 0 Å². The molecule has 1 saturated heterocycles. The van der Waals surface area contributed by atoms with Crippen LogP contribution in [0.4, 0.5) is 0 Å². The van der Waals surface area contributed by atoms with Crippen LogP contribution in [0.25, 0.3) is 0 Å². The second kappa shape index (κ2) is 10.9. The topological polar surface area (TPSA) is 67.4 Å². The molecule has 1 aromatic carbocycles. The molecule has 1 aliphatic rings. The predicted octanol–water partition coefficient (Wildman–Crippen LogP) is 1.22. The van der Waals surface area contributed by atoms with E-state index < -0.39 is 0 Å². The third-order valence-electron chi connectivity index (χ3n) is 3.83. The van der Waals surface area contributed by atoms with Crippen LogP contribution in [0.3, 0.4) is 0 Å². The van der Waals surface area contributed by atoms with E-state index in [9.17, 15) is 0 Å². The summed E-state index contributed by atoms with van der Waals surface area (Å²) in [5, 5.41) is 7.80. The van der Waals surface area contributed by atoms with E-state index in [4.69, 9.17) is 26.4 Å². The van der Waals surface area contributed by atoms with Gasteiger partial charge >= 0.3 is 0 Å². The molecular weight excluding hydrogens is 340 g/mol. The van der Waals surface area contributed by atoms with Gasteiger partial charge in [0.2, 0.25) is 0 Å². The molecule has 0 aliphatic carbocycles. The van der Waals surface area contributed by atoms with Gasteiger partial charge in [-0.1, -0.05) is 0 Å². The fourth-order valence-corrected chi connectivity index (χ4v) is 2.62. The normalized spacial score (nSPS) is 15.1. The van der Waals surface area contributed by atoms with Crippen molar-refractivity contribution in [1.82, 2.24) is 15.6 Å². The van der Waals surface area contributed by atoms with Crippen LogP contribution in [0.15, 0.2) is 23.3 Å². The standard InChI is InChI=1S/C17H26N4O3S/c1-22-15-5-4-14(12-16(15)23-2)13-19-20-17(25)18-6-3-7-21-8-10-24-11-9-21/h4-5,12-13H,3,6-11H2,1-2H3,(H2,18,20,25)/b19-13+. The minimum atomic E-state index is 0.513. The van der Waals surface area contributed by atoms with Gasteiger partial charge in [0.05, 0.1) is 33.6 Å². The lowest BCUT2D eigenvalue weighted by atomic mass is 10.2. The molecule has 0 spiro atoms. The van der Waals surface area contributed by atoms with Crippen molar-refractivity contribution in [3.05, 3.63) is 23.8 Å². The van der Waals surface area contributed by atoms with Gasteiger partial charge < -0.3 is 19.5 Å². The van der Waals surface area contributed by atoms with Crippen LogP contribution in [0.1, 0.15) is 12.0 Å². The highest BCUT2D eigenvalue weighted by Crippen LogP contribution is 2.26. The van der Waals surface area contributed by atoms with Crippen molar-refractivity contribution in [1.29, 1.82) is 0 Å². The van der Waals surface area contributed by atoms with Crippen LogP contribution in [-0.2, 0) is 4.74 Å². The van der Waals surface area contributed by atoms with Gasteiger partial charge in [-0.3, -0.25) is 10.3 Å². The predicted molar refractivity (Wildman–Crippen MR) is 103 cm³/mol. The maximum atomic E-state index is 5.33. The zero-order valence-electron chi connectivity index (χ0n) is 14.8. The van der Waals surface area contributed by atoms with Crippen molar-refractivity contribution in [3.8, 4) is 11.5 Å². The molecule has 8 heteroatoms. The van der Waals surface area contributed by atoms with Gasteiger partial charge in [0.1, 0.15) is 0 Å². The van der Waals surface area contributed by atoms with Gasteiger partial charge in [-0.25, -0.2) is 0 Å². The Morgan fingerprint density at radius 3 is 2.76 bits per heavy atom. The molecule has 7 nitrogen and oxygen atoms in total. The summed E-state index contributed by atoms with van der Waals surface area (Å²) in [6.07, 6.45) is 2.71. The molecule has 0 bridgehead atoms. The summed E-state index contributed by atoms with van der Waals surface area (Å²) in [7, 11) is 3.21. The summed E-state index contributed by atoms with van der Waals surface area (Å²) >= 11 is 5.21. The Morgan fingerprint density at radius 2 is 2.04 bits per heavy atom. The van der Waals surface area contributed by atoms with E-state index in [0.717, 1.165) is 51.4 Å². The minimum Gasteiger partial charge on any atom is -0.493 e. The minimum absolute atomic E-state index is 0.513. The van der Waals surface area contributed by atoms with Crippen LogP contribution in [0.2, 0.25) is 0 Å². The van der Waals surface area contributed by atoms with Crippen molar-refractivity contribution in [2.45, 2.75) is 6.42 Å². The van der Waals surface area contributed by atoms with Crippen molar-refractivity contribution in [2.75, 3.05) is 53.6 Å². The molecule has 0 amide bonds. The second-order valence-corrected chi connectivity index (χ2v) is 5.96. The first-order valence-corrected chi connectivity index (χ1v) is 8.73. The fraction of sp³-hybridized carbons (Fsp3) is 0.529. The molecule has 2 N–H and O–H groups in total. The number of rotatable bonds is 8. The van der Waals surface area contributed by atoms with Crippen molar-refractivity contribution in [2.24, 2.45) is 5.10 Å². The lowest BCUT2D eigenvalue weighted by Crippen LogP contribution is -2.39. The summed E-state index contributed by atoms with van der Waals surface area (Å²) in [5.74, 6) is 1.35. The SMILES string of the molecule is COc1ccc(/C=N/NC(=S)NCCCN2CCOCC2)cc1OC. The van der Waals surface area contributed by atoms with E-state index in [-0.39, 0.29) is 0 Å². The third-order valence-corrected chi connectivity index (χ3v) is 4.06. The first kappa shape index (κ1) is 19.4. The largest absolute Gasteiger partial charge is 0.493 e. The van der Waals surface area contributed by atoms with Crippen molar-refractivity contribution in [3.63, 3.8) is 0 Å². The van der Waals surface area contributed by atoms with E-state index in [2.05, 4.69) is 20.7 Å². The molecule has 2 rings (SSSR count). The average molecular weight is 366 g/mol. The number of thiocarbonyl (C=S) groups is 1. The Labute approximate surface area is 154 Å². The van der Waals surface area contributed by atoms with E-state index in [0.29, 0.717) is 16.6 Å². The Morgan fingerprint density at radius 1 is 1.28 bits per heavy atom. The molecule has 1 aromatic rings. The number of methoxy groups -OCH3 is 2. The summed E-state index contributed by atoms with van der Waals surface area (Å²) in [6, 6.07) is 5.58. The number of morpholine rings is 1. The first-order valence-electron chi connectivity index (χ1n) is 8.32. The molecule has 1 aliphatic heterocycles. The Bertz CT molecular complexity index is 577. The van der Waals surface area contributed by atoms with Crippen molar-refractivity contribution < 1.29 is 14.2 Å². The number of hydrogen-bond donors (Lipinski definition) is 2. The van der Waals surface area contributed by atoms with E-state index in [1.807, 2.05) is 18.2 Å². The smallest absolute Gasteiger partial charge is 0.186 e. The molecule has 25 heavy (non-hydrogen) atoms. The molecule has 0 atom stereocenters. The van der Waals surface area contributed by atoms with Crippen LogP contribution < -0.4 is 20.2 Å². The Kier molecular flexibility index (Phi) is 8.44. The number of benzene rings is 1. The molecule has 0 aromatic heterocycles. The second-order valence-electron chi connectivity index (χ2n) is 5.55. The molecular formula is C17H26N4O3S. The Hall–Kier alpha value is -1.90. The molecule has 0 radical (unpaired) electrons. The van der Waals surface area contributed by atoms with Crippen LogP contribution in [-0.4, -0.2) is 69.8 Å². The number of nitrogens with zero attached hydrogens (tertiary/aromatic N) is 2. The van der Waals surface area contributed by atoms with Gasteiger partial charge in [0, 0.05) is 19.6 Å². The Balaban J connectivity index is 1.66. The van der Waals surface area contributed by atoms with E-state index in [1.54, 1.807) is 20.4 Å². The number of hydrazone groups is 1. The summed E-state index contributed by atoms with van der Waals surface area (Å²) in [5.41, 5.74) is 3.71. The summed E-state index contributed by atoms with van der Waals surface area (Å²) < 4.78 is 15.8. The quantitative estimate of drug-likeness (QED) is 0.310. The zero-order valence-corrected chi connectivity index (χ0v) is 15.6. The maximum Gasteiger partial charge on any atom is 0.186 e. The number of ether oxygens (including phenoxy) is 3. The number of hydrogen-bond acceptors (Lipinski definition) is 6. The molecule has 0 unspecified atom stereocenters. The summed E-state index contributed by atoms with van der Waals surface area (Å²) in [4.78, 5) is 2.40. The van der Waals surface area contributed by atoms with Gasteiger partial charge in [0.15, 0.2) is 16.6 Å². The third kappa shape index (κ3) is 6.85. The molecule has 0 saturated carbocycles. The summed E-state index contributed by atoms with van der Waals surface area (Å²) in [6.45, 7) is 5.55. The molecule has 1 heterocycles. The highest BCUT2D eigenvalue weighted by Gasteiger charge is 2.09. The van der Waals surface area contributed by atoms with Gasteiger partial charge in [0.25, 0.3) is 0 Å². The average Bonchev–Trinajstić information content (AvgIpc) is 2.66. The molecule has 138 valence electrons. The van der Waals surface area contributed by atoms with Crippen LogP contribution >= 0.6 is 12.2 Å². The van der Waals surface area contributed by atoms with Crippen molar-refractivity contribution >= 4 is 23.5 Å². The van der Waals surface area contributed by atoms with Gasteiger partial charge in [-0.2, -0.15) is 5.10 Å². The van der Waals surface area contributed by atoms with Gasteiger partial charge in [-0.05, 0) is 48.9 Å². The highest BCUT2D eigenvalue weighted by atomic mass is 32.1. The number of nitrogens with one attached hydrogen (secondary N) is 2. The maximum absolute atomic E-state index is 5.33. The molecule has 1 fully saturated rings. The lowest BCUT2D eigenvalue weighted by Gasteiger charge is -2.26. The van der Waals surface area contributed by atoms with Gasteiger partial charge in [-0.15, -0.1) is 0 Å². The lowest BCUT2D eigenvalue weighted by molar-refractivity contribution is 0.0376. The van der Waals surface area contributed by atoms with Crippen LogP contribution in [0.5, 0.6) is 11.5 Å².